The van der Waals surface area contributed by atoms with Crippen LogP contribution >= 0.6 is 0 Å². The van der Waals surface area contributed by atoms with E-state index in [4.69, 9.17) is 4.74 Å². The van der Waals surface area contributed by atoms with Crippen LogP contribution < -0.4 is 4.90 Å². The second-order valence-corrected chi connectivity index (χ2v) is 7.75. The maximum atomic E-state index is 11.9. The van der Waals surface area contributed by atoms with Gasteiger partial charge in [0.05, 0.1) is 27.8 Å². The summed E-state index contributed by atoms with van der Waals surface area (Å²) in [5.41, 5.74) is 0.248. The van der Waals surface area contributed by atoms with Gasteiger partial charge in [0.2, 0.25) is 0 Å². The van der Waals surface area contributed by atoms with Crippen LogP contribution in [-0.4, -0.2) is 44.4 Å². The van der Waals surface area contributed by atoms with E-state index in [1.54, 1.807) is 0 Å². The van der Waals surface area contributed by atoms with Gasteiger partial charge in [0.15, 0.2) is 9.84 Å². The molecule has 1 heterocycles. The fraction of sp³-hybridized carbons (Fsp3) is 0.571. The molecule has 1 aromatic carbocycles. The Morgan fingerprint density at radius 2 is 1.91 bits per heavy atom. The van der Waals surface area contributed by atoms with Crippen LogP contribution in [0.3, 0.4) is 0 Å². The minimum absolute atomic E-state index is 0.0141. The molecular formula is C14H20N2O5S. The van der Waals surface area contributed by atoms with Crippen molar-refractivity contribution in [3.63, 3.8) is 0 Å². The third-order valence-corrected chi connectivity index (χ3v) is 5.38. The number of anilines is 1. The summed E-state index contributed by atoms with van der Waals surface area (Å²) in [4.78, 5) is 12.7. The average Bonchev–Trinajstić information content (AvgIpc) is 2.45. The molecule has 1 saturated heterocycles. The van der Waals surface area contributed by atoms with E-state index in [2.05, 4.69) is 0 Å². The molecule has 0 aromatic heterocycles. The van der Waals surface area contributed by atoms with Crippen LogP contribution in [0.1, 0.15) is 20.8 Å². The van der Waals surface area contributed by atoms with Gasteiger partial charge in [0.25, 0.3) is 5.69 Å². The number of hydrogen-bond acceptors (Lipinski definition) is 6. The molecule has 1 aliphatic rings. The Labute approximate surface area is 129 Å². The molecule has 2 atom stereocenters. The van der Waals surface area contributed by atoms with Gasteiger partial charge in [-0.05, 0) is 26.0 Å². The Bertz CT molecular complexity index is 664. The molecule has 1 fully saturated rings. The van der Waals surface area contributed by atoms with Crippen LogP contribution in [0.15, 0.2) is 23.1 Å². The lowest BCUT2D eigenvalue weighted by atomic mass is 10.2. The second-order valence-electron chi connectivity index (χ2n) is 5.47. The van der Waals surface area contributed by atoms with E-state index in [1.165, 1.54) is 19.1 Å². The van der Waals surface area contributed by atoms with Gasteiger partial charge >= 0.3 is 0 Å². The summed E-state index contributed by atoms with van der Waals surface area (Å²) in [6.45, 7) is 6.39. The number of nitrogens with zero attached hydrogens (tertiary/aromatic N) is 2. The van der Waals surface area contributed by atoms with Gasteiger partial charge in [0.1, 0.15) is 5.69 Å². The van der Waals surface area contributed by atoms with E-state index in [1.807, 2.05) is 18.7 Å². The molecule has 7 nitrogen and oxygen atoms in total. The summed E-state index contributed by atoms with van der Waals surface area (Å²) >= 11 is 0. The molecule has 0 amide bonds. The van der Waals surface area contributed by atoms with Gasteiger partial charge in [0, 0.05) is 19.2 Å². The van der Waals surface area contributed by atoms with Crippen molar-refractivity contribution in [2.45, 2.75) is 37.9 Å². The van der Waals surface area contributed by atoms with Crippen molar-refractivity contribution in [3.8, 4) is 0 Å². The minimum atomic E-state index is -3.47. The van der Waals surface area contributed by atoms with Crippen molar-refractivity contribution in [2.24, 2.45) is 0 Å². The van der Waals surface area contributed by atoms with E-state index in [0.717, 1.165) is 6.07 Å². The van der Waals surface area contributed by atoms with E-state index in [9.17, 15) is 18.5 Å². The van der Waals surface area contributed by atoms with Gasteiger partial charge in [-0.15, -0.1) is 0 Å². The molecule has 122 valence electrons. The second kappa shape index (κ2) is 6.21. The number of nitro groups is 1. The summed E-state index contributed by atoms with van der Waals surface area (Å²) < 4.78 is 29.4. The highest BCUT2D eigenvalue weighted by Gasteiger charge is 2.28. The Morgan fingerprint density at radius 1 is 1.32 bits per heavy atom. The fourth-order valence-electron chi connectivity index (χ4n) is 2.65. The number of morpholine rings is 1. The van der Waals surface area contributed by atoms with E-state index < -0.39 is 14.8 Å². The van der Waals surface area contributed by atoms with Crippen molar-refractivity contribution < 1.29 is 18.1 Å². The Balaban J connectivity index is 2.46. The topological polar surface area (TPSA) is 89.8 Å². The van der Waals surface area contributed by atoms with Gasteiger partial charge < -0.3 is 9.64 Å². The van der Waals surface area contributed by atoms with Crippen molar-refractivity contribution in [3.05, 3.63) is 28.3 Å². The zero-order valence-corrected chi connectivity index (χ0v) is 13.7. The summed E-state index contributed by atoms with van der Waals surface area (Å²) in [5.74, 6) is -0.0882. The number of hydrogen-bond donors (Lipinski definition) is 0. The third-order valence-electron chi connectivity index (χ3n) is 3.64. The Hall–Kier alpha value is -1.67. The van der Waals surface area contributed by atoms with Crippen molar-refractivity contribution in [1.82, 2.24) is 0 Å². The SMILES string of the molecule is CCS(=O)(=O)c1ccc(N2C[C@@H](C)O[C@@H](C)C2)c([N+](=O)[O-])c1. The van der Waals surface area contributed by atoms with E-state index in [-0.39, 0.29) is 28.5 Å². The number of rotatable bonds is 4. The molecule has 0 N–H and O–H groups in total. The summed E-state index contributed by atoms with van der Waals surface area (Å²) in [5, 5.41) is 11.3. The van der Waals surface area contributed by atoms with Crippen LogP contribution in [0.2, 0.25) is 0 Å². The first kappa shape index (κ1) is 16.7. The Morgan fingerprint density at radius 3 is 2.41 bits per heavy atom. The van der Waals surface area contributed by atoms with Gasteiger partial charge in [-0.25, -0.2) is 8.42 Å². The Kier molecular flexibility index (Phi) is 4.72. The molecule has 1 aromatic rings. The highest BCUT2D eigenvalue weighted by atomic mass is 32.2. The molecule has 0 spiro atoms. The van der Waals surface area contributed by atoms with Crippen LogP contribution in [0, 0.1) is 10.1 Å². The highest BCUT2D eigenvalue weighted by Crippen LogP contribution is 2.32. The quantitative estimate of drug-likeness (QED) is 0.620. The van der Waals surface area contributed by atoms with Crippen molar-refractivity contribution in [1.29, 1.82) is 0 Å². The summed E-state index contributed by atoms with van der Waals surface area (Å²) in [6, 6.07) is 4.11. The molecule has 0 saturated carbocycles. The summed E-state index contributed by atoms with van der Waals surface area (Å²) in [6.07, 6.45) is -0.0789. The zero-order valence-electron chi connectivity index (χ0n) is 12.9. The lowest BCUT2D eigenvalue weighted by Gasteiger charge is -2.36. The maximum absolute atomic E-state index is 11.9. The van der Waals surface area contributed by atoms with Crippen LogP contribution in [0.25, 0.3) is 0 Å². The normalized spacial score (nSPS) is 22.6. The average molecular weight is 328 g/mol. The first-order valence-electron chi connectivity index (χ1n) is 7.16. The monoisotopic (exact) mass is 328 g/mol. The van der Waals surface area contributed by atoms with Crippen molar-refractivity contribution >= 4 is 21.2 Å². The van der Waals surface area contributed by atoms with Crippen LogP contribution in [-0.2, 0) is 14.6 Å². The number of sulfone groups is 1. The molecule has 0 radical (unpaired) electrons. The first-order chi connectivity index (χ1) is 10.2. The highest BCUT2D eigenvalue weighted by molar-refractivity contribution is 7.91. The van der Waals surface area contributed by atoms with E-state index in [0.29, 0.717) is 18.8 Å². The summed E-state index contributed by atoms with van der Waals surface area (Å²) in [7, 11) is -3.47. The predicted octanol–water partition coefficient (Wildman–Crippen LogP) is 2.00. The number of nitro benzene ring substituents is 1. The molecule has 0 bridgehead atoms. The number of ether oxygens (including phenoxy) is 1. The van der Waals surface area contributed by atoms with Crippen LogP contribution in [0.4, 0.5) is 11.4 Å². The standard InChI is InChI=1S/C14H20N2O5S/c1-4-22(19,20)12-5-6-13(14(7-12)16(17)18)15-8-10(2)21-11(3)9-15/h5-7,10-11H,4,8-9H2,1-3H3/t10-,11+. The van der Waals surface area contributed by atoms with Gasteiger partial charge in [-0.1, -0.05) is 6.92 Å². The maximum Gasteiger partial charge on any atom is 0.293 e. The van der Waals surface area contributed by atoms with Gasteiger partial charge in [-0.2, -0.15) is 0 Å². The molecule has 0 aliphatic carbocycles. The van der Waals surface area contributed by atoms with Crippen molar-refractivity contribution in [2.75, 3.05) is 23.7 Å². The largest absolute Gasteiger partial charge is 0.372 e. The molecule has 8 heteroatoms. The first-order valence-corrected chi connectivity index (χ1v) is 8.81. The molecule has 1 aliphatic heterocycles. The predicted molar refractivity (Wildman–Crippen MR) is 83.0 cm³/mol. The fourth-order valence-corrected chi connectivity index (χ4v) is 3.55. The minimum Gasteiger partial charge on any atom is -0.372 e. The van der Waals surface area contributed by atoms with Crippen LogP contribution in [0.5, 0.6) is 0 Å². The molecule has 2 rings (SSSR count). The smallest absolute Gasteiger partial charge is 0.293 e. The molecule has 22 heavy (non-hydrogen) atoms. The molecule has 0 unspecified atom stereocenters. The third kappa shape index (κ3) is 3.38. The van der Waals surface area contributed by atoms with Gasteiger partial charge in [-0.3, -0.25) is 10.1 Å². The molecular weight excluding hydrogens is 308 g/mol. The van der Waals surface area contributed by atoms with E-state index >= 15 is 0 Å². The lowest BCUT2D eigenvalue weighted by Crippen LogP contribution is -2.45. The number of benzene rings is 1. The lowest BCUT2D eigenvalue weighted by molar-refractivity contribution is -0.384. The zero-order chi connectivity index (χ0) is 16.5.